The first-order chi connectivity index (χ1) is 6.67. The Morgan fingerprint density at radius 1 is 1.64 bits per heavy atom. The highest BCUT2D eigenvalue weighted by Gasteiger charge is 2.22. The number of carbonyl (C=O) groups is 1. The highest BCUT2D eigenvalue weighted by Crippen LogP contribution is 2.15. The van der Waals surface area contributed by atoms with E-state index in [-0.39, 0.29) is 12.5 Å². The summed E-state index contributed by atoms with van der Waals surface area (Å²) in [5.41, 5.74) is 5.35. The molecular weight excluding hydrogens is 178 g/mol. The van der Waals surface area contributed by atoms with Gasteiger partial charge < -0.3 is 15.5 Å². The SMILES string of the molecule is CCN(C[C@H]1CCN(C)C1)C(=O)CN. The van der Waals surface area contributed by atoms with E-state index in [4.69, 9.17) is 5.73 Å². The summed E-state index contributed by atoms with van der Waals surface area (Å²) in [7, 11) is 2.13. The quantitative estimate of drug-likeness (QED) is 0.679. The van der Waals surface area contributed by atoms with E-state index >= 15 is 0 Å². The maximum absolute atomic E-state index is 11.4. The number of nitrogens with two attached hydrogens (primary N) is 1. The molecule has 1 rings (SSSR count). The fourth-order valence-electron chi connectivity index (χ4n) is 2.02. The average molecular weight is 199 g/mol. The van der Waals surface area contributed by atoms with Gasteiger partial charge in [0, 0.05) is 19.6 Å². The highest BCUT2D eigenvalue weighted by molar-refractivity contribution is 5.77. The van der Waals surface area contributed by atoms with Gasteiger partial charge >= 0.3 is 0 Å². The molecule has 14 heavy (non-hydrogen) atoms. The summed E-state index contributed by atoms with van der Waals surface area (Å²) in [4.78, 5) is 15.6. The second kappa shape index (κ2) is 5.32. The lowest BCUT2D eigenvalue weighted by Gasteiger charge is -2.23. The van der Waals surface area contributed by atoms with Crippen molar-refractivity contribution in [2.75, 3.05) is 39.8 Å². The molecule has 82 valence electrons. The van der Waals surface area contributed by atoms with Crippen LogP contribution in [0.1, 0.15) is 13.3 Å². The molecule has 1 aliphatic heterocycles. The van der Waals surface area contributed by atoms with Crippen LogP contribution in [0, 0.1) is 5.92 Å². The summed E-state index contributed by atoms with van der Waals surface area (Å²) in [6.45, 7) is 6.04. The Balaban J connectivity index is 2.36. The van der Waals surface area contributed by atoms with Gasteiger partial charge in [0.25, 0.3) is 0 Å². The van der Waals surface area contributed by atoms with Crippen LogP contribution in [-0.4, -0.2) is 55.5 Å². The Kier molecular flexibility index (Phi) is 4.35. The van der Waals surface area contributed by atoms with E-state index in [1.807, 2.05) is 11.8 Å². The molecule has 1 amide bonds. The van der Waals surface area contributed by atoms with Crippen LogP contribution in [0.3, 0.4) is 0 Å². The first-order valence-electron chi connectivity index (χ1n) is 5.33. The highest BCUT2D eigenvalue weighted by atomic mass is 16.2. The molecule has 4 nitrogen and oxygen atoms in total. The third-order valence-electron chi connectivity index (χ3n) is 2.88. The van der Waals surface area contributed by atoms with Crippen molar-refractivity contribution in [3.05, 3.63) is 0 Å². The van der Waals surface area contributed by atoms with Crippen molar-refractivity contribution in [2.24, 2.45) is 11.7 Å². The minimum absolute atomic E-state index is 0.0713. The third kappa shape index (κ3) is 2.96. The summed E-state index contributed by atoms with van der Waals surface area (Å²) < 4.78 is 0. The summed E-state index contributed by atoms with van der Waals surface area (Å²) in [6.07, 6.45) is 1.20. The molecule has 0 radical (unpaired) electrons. The van der Waals surface area contributed by atoms with Crippen LogP contribution < -0.4 is 5.73 Å². The van der Waals surface area contributed by atoms with Crippen molar-refractivity contribution >= 4 is 5.91 Å². The summed E-state index contributed by atoms with van der Waals surface area (Å²) in [6, 6.07) is 0. The number of hydrogen-bond acceptors (Lipinski definition) is 3. The average Bonchev–Trinajstić information content (AvgIpc) is 2.59. The number of amides is 1. The Bertz CT molecular complexity index is 196. The lowest BCUT2D eigenvalue weighted by Crippen LogP contribution is -2.39. The van der Waals surface area contributed by atoms with Crippen LogP contribution >= 0.6 is 0 Å². The van der Waals surface area contributed by atoms with Crippen molar-refractivity contribution in [2.45, 2.75) is 13.3 Å². The van der Waals surface area contributed by atoms with E-state index in [1.54, 1.807) is 0 Å². The Labute approximate surface area is 86.0 Å². The molecule has 4 heteroatoms. The molecule has 0 saturated carbocycles. The van der Waals surface area contributed by atoms with E-state index in [0.29, 0.717) is 5.92 Å². The zero-order valence-corrected chi connectivity index (χ0v) is 9.20. The maximum atomic E-state index is 11.4. The van der Waals surface area contributed by atoms with Gasteiger partial charge in [-0.05, 0) is 32.9 Å². The van der Waals surface area contributed by atoms with Crippen LogP contribution in [-0.2, 0) is 4.79 Å². The molecular formula is C10H21N3O. The smallest absolute Gasteiger partial charge is 0.236 e. The molecule has 0 aromatic carbocycles. The minimum atomic E-state index is 0.0713. The monoisotopic (exact) mass is 199 g/mol. The van der Waals surface area contributed by atoms with Gasteiger partial charge in [0.15, 0.2) is 0 Å². The number of carbonyl (C=O) groups excluding carboxylic acids is 1. The predicted molar refractivity (Wildman–Crippen MR) is 56.9 cm³/mol. The lowest BCUT2D eigenvalue weighted by atomic mass is 10.1. The van der Waals surface area contributed by atoms with E-state index in [9.17, 15) is 4.79 Å². The maximum Gasteiger partial charge on any atom is 0.236 e. The number of nitrogens with zero attached hydrogens (tertiary/aromatic N) is 2. The molecule has 0 bridgehead atoms. The Morgan fingerprint density at radius 2 is 2.36 bits per heavy atom. The van der Waals surface area contributed by atoms with Gasteiger partial charge in [-0.25, -0.2) is 0 Å². The van der Waals surface area contributed by atoms with E-state index in [1.165, 1.54) is 6.42 Å². The molecule has 0 aromatic rings. The molecule has 1 atom stereocenters. The lowest BCUT2D eigenvalue weighted by molar-refractivity contribution is -0.130. The van der Waals surface area contributed by atoms with Gasteiger partial charge in [0.1, 0.15) is 0 Å². The molecule has 0 aromatic heterocycles. The van der Waals surface area contributed by atoms with Gasteiger partial charge in [-0.15, -0.1) is 0 Å². The molecule has 1 heterocycles. The largest absolute Gasteiger partial charge is 0.342 e. The number of likely N-dealkylation sites (N-methyl/N-ethyl adjacent to an activating group) is 1. The van der Waals surface area contributed by atoms with Crippen LogP contribution in [0.15, 0.2) is 0 Å². The van der Waals surface area contributed by atoms with Gasteiger partial charge in [-0.2, -0.15) is 0 Å². The topological polar surface area (TPSA) is 49.6 Å². The third-order valence-corrected chi connectivity index (χ3v) is 2.88. The molecule has 1 fully saturated rings. The van der Waals surface area contributed by atoms with Gasteiger partial charge in [-0.3, -0.25) is 4.79 Å². The van der Waals surface area contributed by atoms with Crippen molar-refractivity contribution in [1.82, 2.24) is 9.80 Å². The summed E-state index contributed by atoms with van der Waals surface area (Å²) in [5, 5.41) is 0. The summed E-state index contributed by atoms with van der Waals surface area (Å²) >= 11 is 0. The fourth-order valence-corrected chi connectivity index (χ4v) is 2.02. The van der Waals surface area contributed by atoms with Crippen molar-refractivity contribution in [3.63, 3.8) is 0 Å². The second-order valence-electron chi connectivity index (χ2n) is 4.05. The van der Waals surface area contributed by atoms with Gasteiger partial charge in [-0.1, -0.05) is 0 Å². The fraction of sp³-hybridized carbons (Fsp3) is 0.900. The molecule has 0 aliphatic carbocycles. The first kappa shape index (κ1) is 11.5. The van der Waals surface area contributed by atoms with Crippen LogP contribution in [0.25, 0.3) is 0 Å². The van der Waals surface area contributed by atoms with E-state index in [0.717, 1.165) is 26.2 Å². The molecule has 0 unspecified atom stereocenters. The van der Waals surface area contributed by atoms with Gasteiger partial charge in [0.05, 0.1) is 6.54 Å². The normalized spacial score (nSPS) is 22.6. The molecule has 1 aliphatic rings. The van der Waals surface area contributed by atoms with Crippen LogP contribution in [0.4, 0.5) is 0 Å². The molecule has 2 N–H and O–H groups in total. The number of likely N-dealkylation sites (tertiary alicyclic amines) is 1. The predicted octanol–water partition coefficient (Wildman–Crippen LogP) is -0.255. The number of rotatable bonds is 4. The number of hydrogen-bond donors (Lipinski definition) is 1. The summed E-state index contributed by atoms with van der Waals surface area (Å²) in [5.74, 6) is 0.706. The second-order valence-corrected chi connectivity index (χ2v) is 4.05. The van der Waals surface area contributed by atoms with E-state index in [2.05, 4.69) is 11.9 Å². The standard InChI is InChI=1S/C10H21N3O/c1-3-13(10(14)6-11)8-9-4-5-12(2)7-9/h9H,3-8,11H2,1-2H3/t9-/m0/s1. The van der Waals surface area contributed by atoms with Crippen molar-refractivity contribution in [3.8, 4) is 0 Å². The first-order valence-corrected chi connectivity index (χ1v) is 5.33. The van der Waals surface area contributed by atoms with Crippen molar-refractivity contribution in [1.29, 1.82) is 0 Å². The zero-order chi connectivity index (χ0) is 10.6. The zero-order valence-electron chi connectivity index (χ0n) is 9.20. The van der Waals surface area contributed by atoms with E-state index < -0.39 is 0 Å². The van der Waals surface area contributed by atoms with Gasteiger partial charge in [0.2, 0.25) is 5.91 Å². The molecule has 0 spiro atoms. The Morgan fingerprint density at radius 3 is 2.79 bits per heavy atom. The Hall–Kier alpha value is -0.610. The van der Waals surface area contributed by atoms with Crippen LogP contribution in [0.5, 0.6) is 0 Å². The minimum Gasteiger partial charge on any atom is -0.342 e. The molecule has 1 saturated heterocycles. The van der Waals surface area contributed by atoms with Crippen molar-refractivity contribution < 1.29 is 4.79 Å². The van der Waals surface area contributed by atoms with Crippen LogP contribution in [0.2, 0.25) is 0 Å².